The van der Waals surface area contributed by atoms with E-state index in [0.29, 0.717) is 6.61 Å². The summed E-state index contributed by atoms with van der Waals surface area (Å²) in [5.41, 5.74) is 2.71. The van der Waals surface area contributed by atoms with E-state index in [1.165, 1.54) is 17.5 Å². The third kappa shape index (κ3) is 2.54. The summed E-state index contributed by atoms with van der Waals surface area (Å²) in [7, 11) is 0. The molecule has 0 heterocycles. The van der Waals surface area contributed by atoms with E-state index in [-0.39, 0.29) is 11.5 Å². The highest BCUT2D eigenvalue weighted by Crippen LogP contribution is 2.47. The van der Waals surface area contributed by atoms with Gasteiger partial charge in [-0.3, -0.25) is 0 Å². The Morgan fingerprint density at radius 1 is 1.00 bits per heavy atom. The smallest absolute Gasteiger partial charge is 0.0716 e. The topological polar surface area (TPSA) is 9.23 Å². The van der Waals surface area contributed by atoms with Gasteiger partial charge in [0.15, 0.2) is 0 Å². The van der Waals surface area contributed by atoms with Crippen LogP contribution in [0, 0.1) is 0 Å². The van der Waals surface area contributed by atoms with Crippen molar-refractivity contribution in [1.29, 1.82) is 0 Å². The van der Waals surface area contributed by atoms with Gasteiger partial charge in [-0.05, 0) is 30.4 Å². The number of rotatable bonds is 5. The Hall–Kier alpha value is -1.86. The molecule has 1 aliphatic rings. The minimum atomic E-state index is -0.0223. The molecule has 108 valence electrons. The Labute approximate surface area is 127 Å². The van der Waals surface area contributed by atoms with Crippen molar-refractivity contribution in [3.63, 3.8) is 0 Å². The van der Waals surface area contributed by atoms with Crippen LogP contribution in [0.25, 0.3) is 0 Å². The SMILES string of the molecule is C=CCO[C@@H]1CCCC1(c1ccccc1)c1ccccc1. The van der Waals surface area contributed by atoms with Crippen molar-refractivity contribution in [1.82, 2.24) is 0 Å². The number of hydrogen-bond acceptors (Lipinski definition) is 1. The average molecular weight is 278 g/mol. The molecule has 0 unspecified atom stereocenters. The fourth-order valence-electron chi connectivity index (χ4n) is 3.68. The summed E-state index contributed by atoms with van der Waals surface area (Å²) < 4.78 is 6.16. The van der Waals surface area contributed by atoms with Crippen LogP contribution in [0.2, 0.25) is 0 Å². The molecule has 1 nitrogen and oxygen atoms in total. The van der Waals surface area contributed by atoms with Crippen LogP contribution in [0.5, 0.6) is 0 Å². The molecule has 0 amide bonds. The van der Waals surface area contributed by atoms with Gasteiger partial charge in [0.2, 0.25) is 0 Å². The van der Waals surface area contributed by atoms with E-state index in [9.17, 15) is 0 Å². The van der Waals surface area contributed by atoms with Crippen LogP contribution in [0.15, 0.2) is 73.3 Å². The minimum Gasteiger partial charge on any atom is -0.373 e. The second kappa shape index (κ2) is 6.28. The molecule has 2 aromatic carbocycles. The van der Waals surface area contributed by atoms with Crippen molar-refractivity contribution in [2.24, 2.45) is 0 Å². The molecule has 0 N–H and O–H groups in total. The zero-order valence-corrected chi connectivity index (χ0v) is 12.4. The Morgan fingerprint density at radius 2 is 1.57 bits per heavy atom. The maximum absolute atomic E-state index is 6.16. The van der Waals surface area contributed by atoms with Crippen LogP contribution in [-0.4, -0.2) is 12.7 Å². The molecule has 3 rings (SSSR count). The van der Waals surface area contributed by atoms with Gasteiger partial charge in [-0.25, -0.2) is 0 Å². The molecular formula is C20H22O. The summed E-state index contributed by atoms with van der Waals surface area (Å²) in [6, 6.07) is 21.6. The molecule has 1 saturated carbocycles. The van der Waals surface area contributed by atoms with Gasteiger partial charge in [-0.2, -0.15) is 0 Å². The third-order valence-corrected chi connectivity index (χ3v) is 4.58. The second-order valence-electron chi connectivity index (χ2n) is 5.71. The monoisotopic (exact) mass is 278 g/mol. The van der Waals surface area contributed by atoms with Gasteiger partial charge in [-0.1, -0.05) is 66.7 Å². The molecule has 1 atom stereocenters. The summed E-state index contributed by atoms with van der Waals surface area (Å²) >= 11 is 0. The highest BCUT2D eigenvalue weighted by Gasteiger charge is 2.46. The van der Waals surface area contributed by atoms with Gasteiger partial charge in [-0.15, -0.1) is 6.58 Å². The predicted octanol–water partition coefficient (Wildman–Crippen LogP) is 4.73. The van der Waals surface area contributed by atoms with Crippen molar-refractivity contribution >= 4 is 0 Å². The van der Waals surface area contributed by atoms with Crippen molar-refractivity contribution < 1.29 is 4.74 Å². The first-order valence-electron chi connectivity index (χ1n) is 7.71. The molecule has 0 radical (unpaired) electrons. The zero-order valence-electron chi connectivity index (χ0n) is 12.4. The van der Waals surface area contributed by atoms with Crippen molar-refractivity contribution in [3.8, 4) is 0 Å². The molecule has 0 saturated heterocycles. The average Bonchev–Trinajstić information content (AvgIpc) is 2.99. The molecule has 21 heavy (non-hydrogen) atoms. The van der Waals surface area contributed by atoms with Crippen molar-refractivity contribution in [2.75, 3.05) is 6.61 Å². The van der Waals surface area contributed by atoms with Crippen LogP contribution < -0.4 is 0 Å². The lowest BCUT2D eigenvalue weighted by Crippen LogP contribution is -2.38. The van der Waals surface area contributed by atoms with Crippen LogP contribution in [-0.2, 0) is 10.2 Å². The fourth-order valence-corrected chi connectivity index (χ4v) is 3.68. The Bertz CT molecular complexity index is 534. The Morgan fingerprint density at radius 3 is 2.10 bits per heavy atom. The maximum atomic E-state index is 6.16. The first kappa shape index (κ1) is 14.1. The quantitative estimate of drug-likeness (QED) is 0.719. The Kier molecular flexibility index (Phi) is 4.21. The zero-order chi connectivity index (χ0) is 14.5. The number of benzene rings is 2. The first-order valence-corrected chi connectivity index (χ1v) is 7.71. The van der Waals surface area contributed by atoms with Gasteiger partial charge < -0.3 is 4.74 Å². The molecule has 1 heteroatoms. The first-order chi connectivity index (χ1) is 10.4. The van der Waals surface area contributed by atoms with Gasteiger partial charge in [0.1, 0.15) is 0 Å². The largest absolute Gasteiger partial charge is 0.373 e. The predicted molar refractivity (Wildman–Crippen MR) is 87.5 cm³/mol. The molecule has 0 bridgehead atoms. The number of hydrogen-bond donors (Lipinski definition) is 0. The molecule has 0 aliphatic heterocycles. The van der Waals surface area contributed by atoms with E-state index in [2.05, 4.69) is 67.2 Å². The van der Waals surface area contributed by atoms with Crippen LogP contribution in [0.1, 0.15) is 30.4 Å². The lowest BCUT2D eigenvalue weighted by Gasteiger charge is -2.36. The van der Waals surface area contributed by atoms with Crippen molar-refractivity contribution in [3.05, 3.63) is 84.4 Å². The molecule has 2 aromatic rings. The van der Waals surface area contributed by atoms with E-state index in [0.717, 1.165) is 12.8 Å². The standard InChI is InChI=1S/C20H22O/c1-2-16-21-19-14-9-15-20(19,17-10-5-3-6-11-17)18-12-7-4-8-13-18/h2-8,10-13,19H,1,9,14-16H2/t19-/m1/s1. The summed E-state index contributed by atoms with van der Waals surface area (Å²) in [6.45, 7) is 4.41. The van der Waals surface area contributed by atoms with Gasteiger partial charge in [0, 0.05) is 5.41 Å². The van der Waals surface area contributed by atoms with Crippen LogP contribution >= 0.6 is 0 Å². The van der Waals surface area contributed by atoms with Crippen LogP contribution in [0.3, 0.4) is 0 Å². The molecule has 0 aromatic heterocycles. The minimum absolute atomic E-state index is 0.0223. The summed E-state index contributed by atoms with van der Waals surface area (Å²) in [6.07, 6.45) is 5.52. The fraction of sp³-hybridized carbons (Fsp3) is 0.300. The van der Waals surface area contributed by atoms with Crippen LogP contribution in [0.4, 0.5) is 0 Å². The Balaban J connectivity index is 2.09. The normalized spacial score (nSPS) is 20.3. The van der Waals surface area contributed by atoms with Crippen molar-refractivity contribution in [2.45, 2.75) is 30.8 Å². The lowest BCUT2D eigenvalue weighted by atomic mass is 9.71. The molecule has 1 aliphatic carbocycles. The molecular weight excluding hydrogens is 256 g/mol. The van der Waals surface area contributed by atoms with E-state index < -0.39 is 0 Å². The third-order valence-electron chi connectivity index (χ3n) is 4.58. The summed E-state index contributed by atoms with van der Waals surface area (Å²) in [5, 5.41) is 0. The molecule has 0 spiro atoms. The van der Waals surface area contributed by atoms with Gasteiger partial charge >= 0.3 is 0 Å². The summed E-state index contributed by atoms with van der Waals surface area (Å²) in [5.74, 6) is 0. The second-order valence-corrected chi connectivity index (χ2v) is 5.71. The highest BCUT2D eigenvalue weighted by atomic mass is 16.5. The van der Waals surface area contributed by atoms with Gasteiger partial charge in [0.05, 0.1) is 12.7 Å². The van der Waals surface area contributed by atoms with E-state index in [1.54, 1.807) is 0 Å². The molecule has 1 fully saturated rings. The highest BCUT2D eigenvalue weighted by molar-refractivity contribution is 5.42. The maximum Gasteiger partial charge on any atom is 0.0716 e. The summed E-state index contributed by atoms with van der Waals surface area (Å²) in [4.78, 5) is 0. The number of ether oxygens (including phenoxy) is 1. The van der Waals surface area contributed by atoms with E-state index >= 15 is 0 Å². The van der Waals surface area contributed by atoms with E-state index in [1.807, 2.05) is 6.08 Å². The van der Waals surface area contributed by atoms with Gasteiger partial charge in [0.25, 0.3) is 0 Å². The lowest BCUT2D eigenvalue weighted by molar-refractivity contribution is 0.0426. The van der Waals surface area contributed by atoms with E-state index in [4.69, 9.17) is 4.74 Å².